The maximum Gasteiger partial charge on any atom is 0.255 e. The molecule has 0 saturated carbocycles. The summed E-state index contributed by atoms with van der Waals surface area (Å²) in [5.74, 6) is 0.671. The quantitative estimate of drug-likeness (QED) is 0.457. The number of rotatable bonds is 1. The van der Waals surface area contributed by atoms with Crippen molar-refractivity contribution >= 4 is 22.9 Å². The lowest BCUT2D eigenvalue weighted by Gasteiger charge is -2.33. The SMILES string of the molecule is [O-][N+]1(I)C=CC(C2CCNCC2)=CC1. The van der Waals surface area contributed by atoms with Crippen molar-refractivity contribution in [2.45, 2.75) is 12.8 Å². The average molecular weight is 306 g/mol. The zero-order valence-electron chi connectivity index (χ0n) is 8.08. The summed E-state index contributed by atoms with van der Waals surface area (Å²) in [6.45, 7) is 2.80. The first kappa shape index (κ1) is 10.6. The number of quaternary nitrogens is 1. The highest BCUT2D eigenvalue weighted by Gasteiger charge is 2.20. The summed E-state index contributed by atoms with van der Waals surface area (Å²) >= 11 is 1.91. The highest BCUT2D eigenvalue weighted by molar-refractivity contribution is 14.1. The second-order valence-corrected chi connectivity index (χ2v) is 5.56. The van der Waals surface area contributed by atoms with Crippen LogP contribution in [0.25, 0.3) is 0 Å². The molecule has 0 aromatic rings. The third-order valence-electron chi connectivity index (χ3n) is 2.88. The largest absolute Gasteiger partial charge is 0.619 e. The molecule has 2 heterocycles. The van der Waals surface area contributed by atoms with Gasteiger partial charge in [-0.3, -0.25) is 2.86 Å². The molecule has 0 amide bonds. The summed E-state index contributed by atoms with van der Waals surface area (Å²) in [5.41, 5.74) is 1.37. The first-order valence-electron chi connectivity index (χ1n) is 5.06. The van der Waals surface area contributed by atoms with Gasteiger partial charge < -0.3 is 10.5 Å². The molecular weight excluding hydrogens is 291 g/mol. The van der Waals surface area contributed by atoms with Crippen molar-refractivity contribution in [3.05, 3.63) is 29.1 Å². The minimum atomic E-state index is -0.285. The summed E-state index contributed by atoms with van der Waals surface area (Å²) < 4.78 is -0.285. The topological polar surface area (TPSA) is 35.1 Å². The molecule has 0 aromatic carbocycles. The fourth-order valence-corrected chi connectivity index (χ4v) is 2.37. The standard InChI is InChI=1S/C10H15IN2O/c11-13(14)7-3-10(4-8-13)9-1-5-12-6-2-9/h3-4,7,9,12H,1-2,5-6,8H2. The van der Waals surface area contributed by atoms with E-state index in [1.807, 2.05) is 28.9 Å². The van der Waals surface area contributed by atoms with E-state index in [0.717, 1.165) is 13.1 Å². The molecule has 2 rings (SSSR count). The molecule has 2 aliphatic rings. The smallest absolute Gasteiger partial charge is 0.255 e. The maximum atomic E-state index is 11.5. The van der Waals surface area contributed by atoms with Crippen LogP contribution in [0.15, 0.2) is 23.9 Å². The van der Waals surface area contributed by atoms with Gasteiger partial charge in [-0.25, -0.2) is 0 Å². The fourth-order valence-electron chi connectivity index (χ4n) is 2.01. The first-order chi connectivity index (χ1) is 6.67. The van der Waals surface area contributed by atoms with Gasteiger partial charge in [0.05, 0.1) is 0 Å². The van der Waals surface area contributed by atoms with Crippen LogP contribution in [0.5, 0.6) is 0 Å². The van der Waals surface area contributed by atoms with E-state index in [-0.39, 0.29) is 2.86 Å². The van der Waals surface area contributed by atoms with Crippen LogP contribution < -0.4 is 5.32 Å². The van der Waals surface area contributed by atoms with E-state index >= 15 is 0 Å². The van der Waals surface area contributed by atoms with Crippen molar-refractivity contribution in [1.82, 2.24) is 5.32 Å². The molecular formula is C10H15IN2O. The minimum absolute atomic E-state index is 0.285. The predicted molar refractivity (Wildman–Crippen MR) is 65.3 cm³/mol. The molecule has 78 valence electrons. The Hall–Kier alpha value is 0.0900. The van der Waals surface area contributed by atoms with Gasteiger partial charge >= 0.3 is 0 Å². The Morgan fingerprint density at radius 1 is 1.43 bits per heavy atom. The summed E-state index contributed by atoms with van der Waals surface area (Å²) in [4.78, 5) is 0. The van der Waals surface area contributed by atoms with Crippen LogP contribution in [0, 0.1) is 11.1 Å². The molecule has 1 N–H and O–H groups in total. The Morgan fingerprint density at radius 3 is 2.71 bits per heavy atom. The van der Waals surface area contributed by atoms with Crippen molar-refractivity contribution in [3.8, 4) is 0 Å². The lowest BCUT2D eigenvalue weighted by atomic mass is 9.89. The maximum absolute atomic E-state index is 11.5. The number of halogens is 1. The first-order valence-corrected chi connectivity index (χ1v) is 6.02. The molecule has 3 nitrogen and oxygen atoms in total. The average Bonchev–Trinajstić information content (AvgIpc) is 2.19. The summed E-state index contributed by atoms with van der Waals surface area (Å²) in [5, 5.41) is 14.9. The molecule has 0 aromatic heterocycles. The summed E-state index contributed by atoms with van der Waals surface area (Å²) in [6, 6.07) is 0. The van der Waals surface area contributed by atoms with Crippen molar-refractivity contribution in [2.24, 2.45) is 5.92 Å². The zero-order valence-corrected chi connectivity index (χ0v) is 10.2. The van der Waals surface area contributed by atoms with Gasteiger partial charge in [0.2, 0.25) is 0 Å². The normalized spacial score (nSPS) is 34.3. The van der Waals surface area contributed by atoms with Gasteiger partial charge in [0.1, 0.15) is 12.7 Å². The van der Waals surface area contributed by atoms with Crippen molar-refractivity contribution in [2.75, 3.05) is 19.6 Å². The monoisotopic (exact) mass is 306 g/mol. The van der Waals surface area contributed by atoms with Gasteiger partial charge in [0, 0.05) is 0 Å². The molecule has 0 radical (unpaired) electrons. The van der Waals surface area contributed by atoms with Crippen LogP contribution in [0.1, 0.15) is 12.8 Å². The number of allylic oxidation sites excluding steroid dienone is 2. The predicted octanol–water partition coefficient (Wildman–Crippen LogP) is 2.10. The Labute approximate surface area is 98.5 Å². The van der Waals surface area contributed by atoms with E-state index in [2.05, 4.69) is 11.4 Å². The number of nitrogens with one attached hydrogen (secondary N) is 1. The van der Waals surface area contributed by atoms with Crippen LogP contribution in [-0.2, 0) is 0 Å². The molecule has 1 atom stereocenters. The molecule has 4 heteroatoms. The number of hydroxylamine groups is 2. The van der Waals surface area contributed by atoms with Gasteiger partial charge in [-0.15, -0.1) is 0 Å². The molecule has 2 aliphatic heterocycles. The van der Waals surface area contributed by atoms with E-state index in [1.54, 1.807) is 6.20 Å². The fraction of sp³-hybridized carbons (Fsp3) is 0.600. The lowest BCUT2D eigenvalue weighted by Crippen LogP contribution is -2.31. The van der Waals surface area contributed by atoms with E-state index < -0.39 is 0 Å². The van der Waals surface area contributed by atoms with Gasteiger partial charge in [-0.05, 0) is 49.6 Å². The van der Waals surface area contributed by atoms with Crippen molar-refractivity contribution in [1.29, 1.82) is 0 Å². The number of hydrogen-bond acceptors (Lipinski definition) is 2. The number of piperidine rings is 1. The van der Waals surface area contributed by atoms with Crippen LogP contribution in [-0.4, -0.2) is 22.5 Å². The van der Waals surface area contributed by atoms with E-state index in [1.165, 1.54) is 18.4 Å². The molecule has 0 bridgehead atoms. The Balaban J connectivity index is 1.99. The Morgan fingerprint density at radius 2 is 2.14 bits per heavy atom. The van der Waals surface area contributed by atoms with Crippen LogP contribution in [0.2, 0.25) is 0 Å². The van der Waals surface area contributed by atoms with E-state index in [4.69, 9.17) is 0 Å². The summed E-state index contributed by atoms with van der Waals surface area (Å²) in [7, 11) is 0. The molecule has 0 spiro atoms. The van der Waals surface area contributed by atoms with Crippen molar-refractivity contribution in [3.63, 3.8) is 0 Å². The van der Waals surface area contributed by atoms with Crippen molar-refractivity contribution < 1.29 is 2.86 Å². The van der Waals surface area contributed by atoms with Gasteiger partial charge in [0.25, 0.3) is 22.9 Å². The zero-order chi connectivity index (χ0) is 10.0. The second kappa shape index (κ2) is 4.30. The molecule has 14 heavy (non-hydrogen) atoms. The molecule has 1 unspecified atom stereocenters. The van der Waals surface area contributed by atoms with Gasteiger partial charge in [-0.2, -0.15) is 0 Å². The van der Waals surface area contributed by atoms with Crippen LogP contribution in [0.4, 0.5) is 0 Å². The summed E-state index contributed by atoms with van der Waals surface area (Å²) in [6.07, 6.45) is 8.28. The Kier molecular flexibility index (Phi) is 3.26. The number of nitrogens with zero attached hydrogens (tertiary/aromatic N) is 1. The van der Waals surface area contributed by atoms with Crippen LogP contribution in [0.3, 0.4) is 0 Å². The highest BCUT2D eigenvalue weighted by Crippen LogP contribution is 2.28. The van der Waals surface area contributed by atoms with E-state index in [0.29, 0.717) is 12.5 Å². The van der Waals surface area contributed by atoms with Gasteiger partial charge in [0.15, 0.2) is 0 Å². The third-order valence-corrected chi connectivity index (χ3v) is 3.59. The van der Waals surface area contributed by atoms with Gasteiger partial charge in [-0.1, -0.05) is 0 Å². The molecule has 1 saturated heterocycles. The van der Waals surface area contributed by atoms with Crippen LogP contribution >= 0.6 is 22.9 Å². The molecule has 1 fully saturated rings. The minimum Gasteiger partial charge on any atom is -0.619 e. The van der Waals surface area contributed by atoms with E-state index in [9.17, 15) is 5.21 Å². The Bertz CT molecular complexity index is 267. The highest BCUT2D eigenvalue weighted by atomic mass is 127. The molecule has 0 aliphatic carbocycles. The number of hydrogen-bond donors (Lipinski definition) is 1. The lowest BCUT2D eigenvalue weighted by molar-refractivity contribution is -0.628. The third kappa shape index (κ3) is 2.56. The second-order valence-electron chi connectivity index (χ2n) is 3.93.